The Balaban J connectivity index is 2.87. The Bertz CT molecular complexity index is 153. The van der Waals surface area contributed by atoms with Gasteiger partial charge < -0.3 is 9.47 Å². The molecule has 1 saturated carbocycles. The number of halogens is 1. The molecule has 0 heterocycles. The molecule has 1 fully saturated rings. The van der Waals surface area contributed by atoms with Gasteiger partial charge in [0, 0.05) is 14.2 Å². The highest BCUT2D eigenvalue weighted by molar-refractivity contribution is 4.95. The van der Waals surface area contributed by atoms with Crippen LogP contribution < -0.4 is 0 Å². The molecule has 0 aromatic heterocycles. The average Bonchev–Trinajstić information content (AvgIpc) is 2.19. The van der Waals surface area contributed by atoms with E-state index in [2.05, 4.69) is 20.8 Å². The molecular weight excluding hydrogens is 195 g/mol. The maximum absolute atomic E-state index is 14.1. The number of methoxy groups -OCH3 is 2. The highest BCUT2D eigenvalue weighted by Gasteiger charge is 2.47. The second-order valence-electron chi connectivity index (χ2n) is 4.64. The van der Waals surface area contributed by atoms with E-state index in [1.54, 1.807) is 14.2 Å². The molecule has 3 heteroatoms. The summed E-state index contributed by atoms with van der Waals surface area (Å²) in [6.07, 6.45) is -0.602. The first-order chi connectivity index (χ1) is 7.08. The Kier molecular flexibility index (Phi) is 4.53. The van der Waals surface area contributed by atoms with Gasteiger partial charge in [0.1, 0.15) is 0 Å². The molecule has 4 unspecified atom stereocenters. The van der Waals surface area contributed by atoms with Crippen molar-refractivity contribution in [2.24, 2.45) is 17.8 Å². The Morgan fingerprint density at radius 2 is 1.40 bits per heavy atom. The normalized spacial score (nSPS) is 46.8. The molecule has 1 aliphatic rings. The highest BCUT2D eigenvalue weighted by atomic mass is 19.1. The second kappa shape index (κ2) is 5.26. The summed E-state index contributed by atoms with van der Waals surface area (Å²) in [5.41, 5.74) is 0. The minimum atomic E-state index is -1.01. The smallest absolute Gasteiger partial charge is 0.153 e. The lowest BCUT2D eigenvalue weighted by Crippen LogP contribution is -2.53. The van der Waals surface area contributed by atoms with Crippen molar-refractivity contribution in [2.45, 2.75) is 45.6 Å². The summed E-state index contributed by atoms with van der Waals surface area (Å²) in [6.45, 7) is 6.31. The van der Waals surface area contributed by atoms with Crippen LogP contribution in [0.2, 0.25) is 0 Å². The molecule has 0 N–H and O–H groups in total. The maximum Gasteiger partial charge on any atom is 0.153 e. The van der Waals surface area contributed by atoms with Crippen molar-refractivity contribution in [3.63, 3.8) is 0 Å². The molecule has 0 amide bonds. The Morgan fingerprint density at radius 1 is 1.00 bits per heavy atom. The van der Waals surface area contributed by atoms with Gasteiger partial charge in [0.25, 0.3) is 0 Å². The average molecular weight is 218 g/mol. The Labute approximate surface area is 92.1 Å². The molecule has 15 heavy (non-hydrogen) atoms. The van der Waals surface area contributed by atoms with Crippen molar-refractivity contribution < 1.29 is 13.9 Å². The molecule has 2 nitrogen and oxygen atoms in total. The summed E-state index contributed by atoms with van der Waals surface area (Å²) in [5.74, 6) is 1.000. The first kappa shape index (κ1) is 12.9. The predicted molar refractivity (Wildman–Crippen MR) is 58.6 cm³/mol. The number of hydrogen-bond acceptors (Lipinski definition) is 2. The fourth-order valence-electron chi connectivity index (χ4n) is 3.17. The molecule has 4 atom stereocenters. The third-order valence-electron chi connectivity index (χ3n) is 4.03. The summed E-state index contributed by atoms with van der Waals surface area (Å²) in [6, 6.07) is 0. The third kappa shape index (κ3) is 2.18. The van der Waals surface area contributed by atoms with Gasteiger partial charge in [0.15, 0.2) is 6.17 Å². The van der Waals surface area contributed by atoms with Crippen molar-refractivity contribution in [3.05, 3.63) is 0 Å². The van der Waals surface area contributed by atoms with Gasteiger partial charge in [-0.2, -0.15) is 0 Å². The summed E-state index contributed by atoms with van der Waals surface area (Å²) < 4.78 is 24.6. The van der Waals surface area contributed by atoms with Crippen molar-refractivity contribution in [2.75, 3.05) is 14.2 Å². The van der Waals surface area contributed by atoms with Crippen molar-refractivity contribution in [1.29, 1.82) is 0 Å². The van der Waals surface area contributed by atoms with Crippen LogP contribution >= 0.6 is 0 Å². The van der Waals surface area contributed by atoms with E-state index in [1.165, 1.54) is 0 Å². The lowest BCUT2D eigenvalue weighted by atomic mass is 9.68. The Morgan fingerprint density at radius 3 is 1.67 bits per heavy atom. The number of hydrogen-bond donors (Lipinski definition) is 0. The van der Waals surface area contributed by atoms with Gasteiger partial charge in [0.05, 0.1) is 12.2 Å². The first-order valence-electron chi connectivity index (χ1n) is 5.78. The Hall–Kier alpha value is -0.150. The van der Waals surface area contributed by atoms with Crippen LogP contribution in [0.4, 0.5) is 4.39 Å². The van der Waals surface area contributed by atoms with Gasteiger partial charge in [-0.15, -0.1) is 0 Å². The zero-order valence-electron chi connectivity index (χ0n) is 10.4. The third-order valence-corrected chi connectivity index (χ3v) is 4.03. The summed E-state index contributed by atoms with van der Waals surface area (Å²) >= 11 is 0. The molecule has 0 aromatic rings. The van der Waals surface area contributed by atoms with Crippen LogP contribution in [-0.2, 0) is 9.47 Å². The second-order valence-corrected chi connectivity index (χ2v) is 4.64. The molecule has 0 aliphatic heterocycles. The maximum atomic E-state index is 14.1. The van der Waals surface area contributed by atoms with E-state index in [4.69, 9.17) is 9.47 Å². The van der Waals surface area contributed by atoms with Gasteiger partial charge in [-0.25, -0.2) is 4.39 Å². The molecule has 1 aliphatic carbocycles. The van der Waals surface area contributed by atoms with Crippen LogP contribution in [0.1, 0.15) is 27.2 Å². The van der Waals surface area contributed by atoms with Gasteiger partial charge in [-0.05, 0) is 17.8 Å². The van der Waals surface area contributed by atoms with E-state index in [0.29, 0.717) is 5.92 Å². The van der Waals surface area contributed by atoms with Crippen LogP contribution in [0.5, 0.6) is 0 Å². The van der Waals surface area contributed by atoms with Crippen LogP contribution in [-0.4, -0.2) is 32.6 Å². The molecule has 90 valence electrons. The zero-order chi connectivity index (χ0) is 11.6. The van der Waals surface area contributed by atoms with Crippen LogP contribution in [0, 0.1) is 17.8 Å². The molecular formula is C12H23FO2. The summed E-state index contributed by atoms with van der Waals surface area (Å²) in [7, 11) is 3.17. The van der Waals surface area contributed by atoms with Gasteiger partial charge >= 0.3 is 0 Å². The molecule has 0 saturated heterocycles. The lowest BCUT2D eigenvalue weighted by molar-refractivity contribution is -0.146. The van der Waals surface area contributed by atoms with Crippen LogP contribution in [0.15, 0.2) is 0 Å². The lowest BCUT2D eigenvalue weighted by Gasteiger charge is -2.45. The van der Waals surface area contributed by atoms with E-state index in [-0.39, 0.29) is 24.0 Å². The van der Waals surface area contributed by atoms with Crippen LogP contribution in [0.25, 0.3) is 0 Å². The van der Waals surface area contributed by atoms with E-state index < -0.39 is 6.17 Å². The number of rotatable bonds is 3. The van der Waals surface area contributed by atoms with Gasteiger partial charge in [-0.3, -0.25) is 0 Å². The minimum absolute atomic E-state index is 0.261. The van der Waals surface area contributed by atoms with Gasteiger partial charge in [-0.1, -0.05) is 27.2 Å². The fraction of sp³-hybridized carbons (Fsp3) is 1.00. The topological polar surface area (TPSA) is 18.5 Å². The fourth-order valence-corrected chi connectivity index (χ4v) is 3.17. The molecule has 0 aromatic carbocycles. The highest BCUT2D eigenvalue weighted by Crippen LogP contribution is 2.40. The van der Waals surface area contributed by atoms with E-state index in [0.717, 1.165) is 6.42 Å². The van der Waals surface area contributed by atoms with Crippen molar-refractivity contribution in [3.8, 4) is 0 Å². The van der Waals surface area contributed by atoms with E-state index >= 15 is 0 Å². The van der Waals surface area contributed by atoms with E-state index in [9.17, 15) is 4.39 Å². The zero-order valence-corrected chi connectivity index (χ0v) is 10.4. The molecule has 0 radical (unpaired) electrons. The van der Waals surface area contributed by atoms with Crippen molar-refractivity contribution >= 4 is 0 Å². The summed E-state index contributed by atoms with van der Waals surface area (Å²) in [4.78, 5) is 0. The number of alkyl halides is 1. The largest absolute Gasteiger partial charge is 0.378 e. The van der Waals surface area contributed by atoms with Gasteiger partial charge in [0.2, 0.25) is 0 Å². The quantitative estimate of drug-likeness (QED) is 0.725. The SMILES string of the molecule is CCC1C(C)C(OC)C(F)C(OC)C1C. The van der Waals surface area contributed by atoms with Crippen LogP contribution in [0.3, 0.4) is 0 Å². The van der Waals surface area contributed by atoms with E-state index in [1.807, 2.05) is 0 Å². The minimum Gasteiger partial charge on any atom is -0.378 e. The summed E-state index contributed by atoms with van der Waals surface area (Å²) in [5, 5.41) is 0. The van der Waals surface area contributed by atoms with Crippen molar-refractivity contribution in [1.82, 2.24) is 0 Å². The predicted octanol–water partition coefficient (Wildman–Crippen LogP) is 2.67. The monoisotopic (exact) mass is 218 g/mol. The standard InChI is InChI=1S/C12H23FO2/c1-6-9-7(2)11(14-4)10(13)12(15-5)8(9)3/h7-12H,6H2,1-5H3. The molecule has 0 spiro atoms. The number of ether oxygens (including phenoxy) is 2. The first-order valence-corrected chi connectivity index (χ1v) is 5.78. The molecule has 1 rings (SSSR count). The molecule has 0 bridgehead atoms.